The first-order chi connectivity index (χ1) is 10.8. The third-order valence-corrected chi connectivity index (χ3v) is 3.72. The Kier molecular flexibility index (Phi) is 6.40. The van der Waals surface area contributed by atoms with Gasteiger partial charge in [0.1, 0.15) is 12.4 Å². The summed E-state index contributed by atoms with van der Waals surface area (Å²) in [7, 11) is 1.53. The highest BCUT2D eigenvalue weighted by Crippen LogP contribution is 2.17. The molecule has 22 heavy (non-hydrogen) atoms. The summed E-state index contributed by atoms with van der Waals surface area (Å²) in [5.74, 6) is 1.11. The Morgan fingerprint density at radius 1 is 1.27 bits per heavy atom. The van der Waals surface area contributed by atoms with Crippen LogP contribution in [0.15, 0.2) is 24.3 Å². The zero-order chi connectivity index (χ0) is 15.8. The zero-order valence-electron chi connectivity index (χ0n) is 13.5. The average Bonchev–Trinajstić information content (AvgIpc) is 2.88. The second-order valence-electron chi connectivity index (χ2n) is 5.35. The lowest BCUT2D eigenvalue weighted by molar-refractivity contribution is -0.124. The van der Waals surface area contributed by atoms with E-state index in [9.17, 15) is 4.79 Å². The van der Waals surface area contributed by atoms with Gasteiger partial charge in [-0.2, -0.15) is 0 Å². The van der Waals surface area contributed by atoms with Crippen LogP contribution in [-0.2, 0) is 22.5 Å². The molecule has 1 N–H and O–H groups in total. The van der Waals surface area contributed by atoms with Gasteiger partial charge in [-0.3, -0.25) is 4.79 Å². The highest BCUT2D eigenvalue weighted by molar-refractivity contribution is 5.77. The van der Waals surface area contributed by atoms with Crippen molar-refractivity contribution in [3.63, 3.8) is 0 Å². The summed E-state index contributed by atoms with van der Waals surface area (Å²) in [5.41, 5.74) is 2.29. The van der Waals surface area contributed by atoms with Crippen LogP contribution < -0.4 is 5.32 Å². The summed E-state index contributed by atoms with van der Waals surface area (Å²) >= 11 is 0. The smallest absolute Gasteiger partial charge is 0.245 e. The van der Waals surface area contributed by atoms with Crippen LogP contribution in [0.25, 0.3) is 11.0 Å². The minimum absolute atomic E-state index is 0.0460. The Morgan fingerprint density at radius 2 is 2.09 bits per heavy atom. The molecule has 1 amide bonds. The summed E-state index contributed by atoms with van der Waals surface area (Å²) < 4.78 is 7.06. The molecule has 0 radical (unpaired) electrons. The number of imidazole rings is 1. The van der Waals surface area contributed by atoms with Crippen molar-refractivity contribution in [3.8, 4) is 0 Å². The number of rotatable bonds is 9. The van der Waals surface area contributed by atoms with Crippen molar-refractivity contribution in [3.05, 3.63) is 30.1 Å². The number of hydrogen-bond acceptors (Lipinski definition) is 3. The van der Waals surface area contributed by atoms with Crippen molar-refractivity contribution in [1.82, 2.24) is 14.9 Å². The average molecular weight is 303 g/mol. The van der Waals surface area contributed by atoms with Crippen molar-refractivity contribution >= 4 is 16.9 Å². The first kappa shape index (κ1) is 16.5. The predicted octanol–water partition coefficient (Wildman–Crippen LogP) is 2.53. The van der Waals surface area contributed by atoms with Gasteiger partial charge in [0.15, 0.2) is 0 Å². The van der Waals surface area contributed by atoms with Gasteiger partial charge in [0.25, 0.3) is 0 Å². The van der Waals surface area contributed by atoms with E-state index in [4.69, 9.17) is 9.72 Å². The summed E-state index contributed by atoms with van der Waals surface area (Å²) in [6.45, 7) is 3.96. The topological polar surface area (TPSA) is 56.2 Å². The fourth-order valence-corrected chi connectivity index (χ4v) is 2.66. The molecule has 0 aliphatic carbocycles. The lowest BCUT2D eigenvalue weighted by Gasteiger charge is -2.06. The van der Waals surface area contributed by atoms with Gasteiger partial charge in [-0.1, -0.05) is 18.6 Å². The van der Waals surface area contributed by atoms with E-state index in [0.29, 0.717) is 6.54 Å². The van der Waals surface area contributed by atoms with Gasteiger partial charge >= 0.3 is 0 Å². The summed E-state index contributed by atoms with van der Waals surface area (Å²) in [6, 6.07) is 8.28. The number of carbonyl (C=O) groups excluding carboxylic acids is 1. The molecule has 0 aliphatic heterocycles. The quantitative estimate of drug-likeness (QED) is 0.724. The molecule has 120 valence electrons. The lowest BCUT2D eigenvalue weighted by atomic mass is 10.2. The van der Waals surface area contributed by atoms with Crippen molar-refractivity contribution in [2.75, 3.05) is 20.3 Å². The first-order valence-electron chi connectivity index (χ1n) is 7.96. The molecule has 0 unspecified atom stereocenters. The molecule has 5 nitrogen and oxygen atoms in total. The van der Waals surface area contributed by atoms with Crippen LogP contribution in [-0.4, -0.2) is 35.7 Å². The number of aryl methyl sites for hydroxylation is 2. The van der Waals surface area contributed by atoms with Crippen molar-refractivity contribution in [2.45, 2.75) is 39.2 Å². The molecule has 1 aromatic heterocycles. The maximum absolute atomic E-state index is 11.2. The second-order valence-corrected chi connectivity index (χ2v) is 5.35. The Hall–Kier alpha value is -1.88. The number of amides is 1. The number of hydrogen-bond donors (Lipinski definition) is 1. The Balaban J connectivity index is 1.76. The highest BCUT2D eigenvalue weighted by atomic mass is 16.5. The maximum Gasteiger partial charge on any atom is 0.245 e. The van der Waals surface area contributed by atoms with Gasteiger partial charge in [0.05, 0.1) is 11.0 Å². The zero-order valence-corrected chi connectivity index (χ0v) is 13.5. The van der Waals surface area contributed by atoms with Crippen molar-refractivity contribution < 1.29 is 9.53 Å². The van der Waals surface area contributed by atoms with E-state index >= 15 is 0 Å². The number of nitrogens with zero attached hydrogens (tertiary/aromatic N) is 2. The number of carbonyl (C=O) groups is 1. The van der Waals surface area contributed by atoms with Crippen LogP contribution in [0.1, 0.15) is 32.0 Å². The molecule has 0 bridgehead atoms. The normalized spacial score (nSPS) is 11.0. The maximum atomic E-state index is 11.2. The summed E-state index contributed by atoms with van der Waals surface area (Å²) in [6.07, 6.45) is 4.14. The largest absolute Gasteiger partial charge is 0.375 e. The molecule has 2 rings (SSSR count). The van der Waals surface area contributed by atoms with Gasteiger partial charge < -0.3 is 14.6 Å². The van der Waals surface area contributed by atoms with Gasteiger partial charge in [-0.15, -0.1) is 0 Å². The van der Waals surface area contributed by atoms with E-state index < -0.39 is 0 Å². The van der Waals surface area contributed by atoms with Crippen LogP contribution in [0, 0.1) is 0 Å². The minimum atomic E-state index is -0.0460. The van der Waals surface area contributed by atoms with Gasteiger partial charge in [0, 0.05) is 26.6 Å². The number of methoxy groups -OCH3 is 1. The molecule has 0 atom stereocenters. The van der Waals surface area contributed by atoms with Crippen LogP contribution in [0.3, 0.4) is 0 Å². The fourth-order valence-electron chi connectivity index (χ4n) is 2.66. The van der Waals surface area contributed by atoms with Gasteiger partial charge in [0.2, 0.25) is 5.91 Å². The fraction of sp³-hybridized carbons (Fsp3) is 0.529. The van der Waals surface area contributed by atoms with E-state index in [1.807, 2.05) is 6.07 Å². The molecule has 1 aromatic carbocycles. The van der Waals surface area contributed by atoms with E-state index in [1.54, 1.807) is 0 Å². The number of unbranched alkanes of at least 4 members (excludes halogenated alkanes) is 2. The monoisotopic (exact) mass is 303 g/mol. The summed E-state index contributed by atoms with van der Waals surface area (Å²) in [5, 5.41) is 2.84. The predicted molar refractivity (Wildman–Crippen MR) is 87.8 cm³/mol. The standard InChI is InChI=1S/C17H25N3O2/c1-3-20-15-10-7-6-9-14(15)19-16(20)11-5-4-8-12-18-17(21)13-22-2/h6-7,9-10H,3-5,8,11-13H2,1-2H3,(H,18,21). The summed E-state index contributed by atoms with van der Waals surface area (Å²) in [4.78, 5) is 16.0. The molecule has 0 spiro atoms. The number of benzene rings is 1. The van der Waals surface area contributed by atoms with E-state index in [1.165, 1.54) is 12.6 Å². The molecular formula is C17H25N3O2. The Labute approximate surface area is 131 Å². The third-order valence-electron chi connectivity index (χ3n) is 3.72. The molecule has 1 heterocycles. The SMILES string of the molecule is CCn1c(CCCCCNC(=O)COC)nc2ccccc21. The van der Waals surface area contributed by atoms with E-state index in [2.05, 4.69) is 35.0 Å². The highest BCUT2D eigenvalue weighted by Gasteiger charge is 2.08. The molecular weight excluding hydrogens is 278 g/mol. The number of aromatic nitrogens is 2. The molecule has 0 fully saturated rings. The lowest BCUT2D eigenvalue weighted by Crippen LogP contribution is -2.27. The van der Waals surface area contributed by atoms with Crippen molar-refractivity contribution in [2.24, 2.45) is 0 Å². The second kappa shape index (κ2) is 8.54. The molecule has 5 heteroatoms. The van der Waals surface area contributed by atoms with E-state index in [0.717, 1.165) is 43.6 Å². The van der Waals surface area contributed by atoms with Crippen LogP contribution in [0.4, 0.5) is 0 Å². The van der Waals surface area contributed by atoms with Crippen molar-refractivity contribution in [1.29, 1.82) is 0 Å². The molecule has 2 aromatic rings. The number of para-hydroxylation sites is 2. The van der Waals surface area contributed by atoms with Crippen LogP contribution in [0.2, 0.25) is 0 Å². The number of fused-ring (bicyclic) bond motifs is 1. The Morgan fingerprint density at radius 3 is 2.86 bits per heavy atom. The Bertz CT molecular complexity index is 607. The first-order valence-corrected chi connectivity index (χ1v) is 7.96. The van der Waals surface area contributed by atoms with E-state index in [-0.39, 0.29) is 12.5 Å². The van der Waals surface area contributed by atoms with Crippen LogP contribution in [0.5, 0.6) is 0 Å². The van der Waals surface area contributed by atoms with Crippen LogP contribution >= 0.6 is 0 Å². The van der Waals surface area contributed by atoms with Gasteiger partial charge in [-0.05, 0) is 31.9 Å². The molecule has 0 saturated carbocycles. The third kappa shape index (κ3) is 4.31. The molecule has 0 aliphatic rings. The number of ether oxygens (including phenoxy) is 1. The molecule has 0 saturated heterocycles. The minimum Gasteiger partial charge on any atom is -0.375 e. The number of nitrogens with one attached hydrogen (secondary N) is 1. The van der Waals surface area contributed by atoms with Gasteiger partial charge in [-0.25, -0.2) is 4.98 Å².